The Bertz CT molecular complexity index is 366. The van der Waals surface area contributed by atoms with E-state index in [4.69, 9.17) is 4.74 Å². The lowest BCUT2D eigenvalue weighted by Crippen LogP contribution is -2.07. The molecular weight excluding hydrogens is 192 g/mol. The standard InChI is InChI=1S/C12H14O3/c1-3-15-12(14)9(2)11(13)10-7-5-4-6-8-10/h4-8,13H,3H2,1-2H3. The third kappa shape index (κ3) is 2.84. The molecule has 15 heavy (non-hydrogen) atoms. The highest BCUT2D eigenvalue weighted by atomic mass is 16.5. The molecule has 3 nitrogen and oxygen atoms in total. The SMILES string of the molecule is CCOC(=O)C(C)=C(O)c1ccccc1. The fourth-order valence-electron chi connectivity index (χ4n) is 1.15. The van der Waals surface area contributed by atoms with Gasteiger partial charge in [-0.3, -0.25) is 0 Å². The molecule has 0 fully saturated rings. The molecule has 0 spiro atoms. The van der Waals surface area contributed by atoms with Crippen molar-refractivity contribution < 1.29 is 14.6 Å². The number of hydrogen-bond donors (Lipinski definition) is 1. The van der Waals surface area contributed by atoms with Gasteiger partial charge in [0.25, 0.3) is 0 Å². The van der Waals surface area contributed by atoms with E-state index in [-0.39, 0.29) is 11.3 Å². The van der Waals surface area contributed by atoms with Crippen LogP contribution in [0.2, 0.25) is 0 Å². The Morgan fingerprint density at radius 1 is 1.33 bits per heavy atom. The van der Waals surface area contributed by atoms with Crippen molar-refractivity contribution in [1.29, 1.82) is 0 Å². The third-order valence-corrected chi connectivity index (χ3v) is 1.98. The fraction of sp³-hybridized carbons (Fsp3) is 0.250. The predicted molar refractivity (Wildman–Crippen MR) is 58.3 cm³/mol. The Kier molecular flexibility index (Phi) is 3.92. The van der Waals surface area contributed by atoms with Crippen LogP contribution in [0.5, 0.6) is 0 Å². The molecule has 0 saturated heterocycles. The van der Waals surface area contributed by atoms with Crippen LogP contribution >= 0.6 is 0 Å². The average Bonchev–Trinajstić information content (AvgIpc) is 2.28. The Morgan fingerprint density at radius 3 is 2.47 bits per heavy atom. The van der Waals surface area contributed by atoms with E-state index < -0.39 is 5.97 Å². The van der Waals surface area contributed by atoms with Gasteiger partial charge in [-0.15, -0.1) is 0 Å². The number of carbonyl (C=O) groups is 1. The topological polar surface area (TPSA) is 46.5 Å². The second kappa shape index (κ2) is 5.20. The summed E-state index contributed by atoms with van der Waals surface area (Å²) in [6, 6.07) is 8.90. The van der Waals surface area contributed by atoms with Crippen molar-refractivity contribution in [3.8, 4) is 0 Å². The minimum Gasteiger partial charge on any atom is -0.507 e. The largest absolute Gasteiger partial charge is 0.507 e. The van der Waals surface area contributed by atoms with E-state index in [9.17, 15) is 9.90 Å². The summed E-state index contributed by atoms with van der Waals surface area (Å²) < 4.78 is 4.79. The van der Waals surface area contributed by atoms with Crippen molar-refractivity contribution in [2.45, 2.75) is 13.8 Å². The molecule has 0 aliphatic heterocycles. The van der Waals surface area contributed by atoms with E-state index >= 15 is 0 Å². The molecule has 0 amide bonds. The van der Waals surface area contributed by atoms with Crippen LogP contribution in [0.15, 0.2) is 35.9 Å². The molecule has 0 aliphatic carbocycles. The Morgan fingerprint density at radius 2 is 1.93 bits per heavy atom. The molecule has 80 valence electrons. The first kappa shape index (κ1) is 11.3. The predicted octanol–water partition coefficient (Wildman–Crippen LogP) is 2.54. The van der Waals surface area contributed by atoms with Gasteiger partial charge in [0.05, 0.1) is 12.2 Å². The molecule has 1 rings (SSSR count). The lowest BCUT2D eigenvalue weighted by Gasteiger charge is -2.05. The summed E-state index contributed by atoms with van der Waals surface area (Å²) in [6.45, 7) is 3.57. The van der Waals surface area contributed by atoms with Gasteiger partial charge < -0.3 is 9.84 Å². The summed E-state index contributed by atoms with van der Waals surface area (Å²) in [7, 11) is 0. The van der Waals surface area contributed by atoms with Gasteiger partial charge in [-0.25, -0.2) is 4.79 Å². The quantitative estimate of drug-likeness (QED) is 0.469. The maximum Gasteiger partial charge on any atom is 0.337 e. The zero-order valence-electron chi connectivity index (χ0n) is 8.86. The smallest absolute Gasteiger partial charge is 0.337 e. The molecule has 1 aromatic carbocycles. The molecule has 0 atom stereocenters. The maximum absolute atomic E-state index is 11.3. The molecule has 0 saturated carbocycles. The number of ether oxygens (including phenoxy) is 1. The third-order valence-electron chi connectivity index (χ3n) is 1.98. The number of esters is 1. The summed E-state index contributed by atoms with van der Waals surface area (Å²) in [6.07, 6.45) is 0. The lowest BCUT2D eigenvalue weighted by molar-refractivity contribution is -0.138. The molecule has 1 aromatic rings. The van der Waals surface area contributed by atoms with Crippen LogP contribution in [0, 0.1) is 0 Å². The lowest BCUT2D eigenvalue weighted by atomic mass is 10.1. The number of aliphatic hydroxyl groups excluding tert-OH is 1. The van der Waals surface area contributed by atoms with E-state index in [1.54, 1.807) is 38.1 Å². The van der Waals surface area contributed by atoms with Crippen molar-refractivity contribution in [3.63, 3.8) is 0 Å². The van der Waals surface area contributed by atoms with Gasteiger partial charge in [-0.1, -0.05) is 30.3 Å². The highest BCUT2D eigenvalue weighted by molar-refractivity contribution is 5.95. The van der Waals surface area contributed by atoms with E-state index in [1.165, 1.54) is 0 Å². The second-order valence-electron chi connectivity index (χ2n) is 3.06. The van der Waals surface area contributed by atoms with Crippen molar-refractivity contribution >= 4 is 11.7 Å². The van der Waals surface area contributed by atoms with Gasteiger partial charge in [0.2, 0.25) is 0 Å². The first-order valence-electron chi connectivity index (χ1n) is 4.79. The van der Waals surface area contributed by atoms with Gasteiger partial charge in [0.15, 0.2) is 0 Å². The molecular formula is C12H14O3. The summed E-state index contributed by atoms with van der Waals surface area (Å²) >= 11 is 0. The van der Waals surface area contributed by atoms with Gasteiger partial charge in [0, 0.05) is 5.56 Å². The molecule has 1 N–H and O–H groups in total. The van der Waals surface area contributed by atoms with Crippen LogP contribution in [0.1, 0.15) is 19.4 Å². The summed E-state index contributed by atoms with van der Waals surface area (Å²) in [5.74, 6) is -0.520. The molecule has 0 unspecified atom stereocenters. The van der Waals surface area contributed by atoms with Crippen LogP contribution in [-0.2, 0) is 9.53 Å². The van der Waals surface area contributed by atoms with Gasteiger partial charge in [0.1, 0.15) is 5.76 Å². The van der Waals surface area contributed by atoms with Crippen molar-refractivity contribution in [3.05, 3.63) is 41.5 Å². The molecule has 0 aromatic heterocycles. The van der Waals surface area contributed by atoms with E-state index in [1.807, 2.05) is 6.07 Å². The molecule has 3 heteroatoms. The molecule has 0 radical (unpaired) electrons. The summed E-state index contributed by atoms with van der Waals surface area (Å²) in [4.78, 5) is 11.3. The Labute approximate surface area is 89.0 Å². The first-order valence-corrected chi connectivity index (χ1v) is 4.79. The van der Waals surface area contributed by atoms with Crippen LogP contribution in [0.25, 0.3) is 5.76 Å². The zero-order valence-corrected chi connectivity index (χ0v) is 8.86. The van der Waals surface area contributed by atoms with Crippen LogP contribution in [0.3, 0.4) is 0 Å². The molecule has 0 aliphatic rings. The molecule has 0 heterocycles. The first-order chi connectivity index (χ1) is 7.16. The summed E-state index contributed by atoms with van der Waals surface area (Å²) in [5.41, 5.74) is 0.839. The van der Waals surface area contributed by atoms with E-state index in [2.05, 4.69) is 0 Å². The fourth-order valence-corrected chi connectivity index (χ4v) is 1.15. The van der Waals surface area contributed by atoms with Crippen LogP contribution in [0.4, 0.5) is 0 Å². The Balaban J connectivity index is 2.95. The number of carbonyl (C=O) groups excluding carboxylic acids is 1. The minimum atomic E-state index is -0.487. The highest BCUT2D eigenvalue weighted by Gasteiger charge is 2.11. The molecule has 0 bridgehead atoms. The zero-order chi connectivity index (χ0) is 11.3. The highest BCUT2D eigenvalue weighted by Crippen LogP contribution is 2.15. The normalized spacial score (nSPS) is 11.9. The van der Waals surface area contributed by atoms with Gasteiger partial charge in [-0.05, 0) is 13.8 Å². The second-order valence-corrected chi connectivity index (χ2v) is 3.06. The van der Waals surface area contributed by atoms with Crippen LogP contribution < -0.4 is 0 Å². The van der Waals surface area contributed by atoms with E-state index in [0.717, 1.165) is 0 Å². The van der Waals surface area contributed by atoms with Crippen molar-refractivity contribution in [2.75, 3.05) is 6.61 Å². The number of rotatable bonds is 3. The monoisotopic (exact) mass is 206 g/mol. The Hall–Kier alpha value is -1.77. The van der Waals surface area contributed by atoms with E-state index in [0.29, 0.717) is 12.2 Å². The number of aliphatic hydroxyl groups is 1. The number of benzene rings is 1. The maximum atomic E-state index is 11.3. The van der Waals surface area contributed by atoms with Crippen molar-refractivity contribution in [1.82, 2.24) is 0 Å². The number of hydrogen-bond acceptors (Lipinski definition) is 3. The minimum absolute atomic E-state index is 0.0333. The van der Waals surface area contributed by atoms with Gasteiger partial charge in [-0.2, -0.15) is 0 Å². The summed E-state index contributed by atoms with van der Waals surface area (Å²) in [5, 5.41) is 9.76. The van der Waals surface area contributed by atoms with Crippen molar-refractivity contribution in [2.24, 2.45) is 0 Å². The average molecular weight is 206 g/mol. The van der Waals surface area contributed by atoms with Gasteiger partial charge >= 0.3 is 5.97 Å². The van der Waals surface area contributed by atoms with Crippen LogP contribution in [-0.4, -0.2) is 17.7 Å².